The summed E-state index contributed by atoms with van der Waals surface area (Å²) in [6.45, 7) is 7.00. The first-order chi connectivity index (χ1) is 11.4. The number of ether oxygens (including phenoxy) is 2. The van der Waals surface area contributed by atoms with E-state index in [1.807, 2.05) is 44.2 Å². The number of carbonyl (C=O) groups is 1. The topological polar surface area (TPSA) is 67.8 Å². The molecule has 1 aliphatic rings. The second-order valence-electron chi connectivity index (χ2n) is 7.34. The fourth-order valence-electron chi connectivity index (χ4n) is 2.69. The lowest BCUT2D eigenvalue weighted by molar-refractivity contribution is -0.301. The molecule has 5 heteroatoms. The van der Waals surface area contributed by atoms with Gasteiger partial charge < -0.3 is 19.9 Å². The standard InChI is InChI=1S/C19H29NO4/c1-14-16(9-10-20-17(22)11-19(2,3)13-21)24-18(14)23-12-15-7-5-4-6-8-15/h4-8,14,16,18,21H,9-13H2,1-3H3,(H,20,22). The van der Waals surface area contributed by atoms with Crippen LogP contribution in [0.2, 0.25) is 0 Å². The Balaban J connectivity index is 1.60. The average Bonchev–Trinajstić information content (AvgIpc) is 2.56. The molecular formula is C19H29NO4. The van der Waals surface area contributed by atoms with Gasteiger partial charge in [-0.1, -0.05) is 51.1 Å². The number of hydrogen-bond donors (Lipinski definition) is 2. The Kier molecular flexibility index (Phi) is 6.78. The predicted octanol–water partition coefficient (Wildman–Crippen LogP) is 2.48. The van der Waals surface area contributed by atoms with Gasteiger partial charge in [0.15, 0.2) is 6.29 Å². The van der Waals surface area contributed by atoms with E-state index in [0.29, 0.717) is 25.5 Å². The van der Waals surface area contributed by atoms with Gasteiger partial charge in [0.2, 0.25) is 5.91 Å². The number of benzene rings is 1. The van der Waals surface area contributed by atoms with Crippen molar-refractivity contribution >= 4 is 5.91 Å². The van der Waals surface area contributed by atoms with Crippen LogP contribution in [0.25, 0.3) is 0 Å². The smallest absolute Gasteiger partial charge is 0.220 e. The number of carbonyl (C=O) groups excluding carboxylic acids is 1. The van der Waals surface area contributed by atoms with Crippen molar-refractivity contribution in [1.29, 1.82) is 0 Å². The highest BCUT2D eigenvalue weighted by molar-refractivity contribution is 5.76. The van der Waals surface area contributed by atoms with Crippen molar-refractivity contribution in [2.24, 2.45) is 11.3 Å². The Bertz CT molecular complexity index is 517. The molecule has 24 heavy (non-hydrogen) atoms. The van der Waals surface area contributed by atoms with Crippen molar-refractivity contribution in [2.45, 2.75) is 52.6 Å². The van der Waals surface area contributed by atoms with Crippen LogP contribution >= 0.6 is 0 Å². The summed E-state index contributed by atoms with van der Waals surface area (Å²) >= 11 is 0. The first-order valence-corrected chi connectivity index (χ1v) is 8.60. The Morgan fingerprint density at radius 2 is 2.04 bits per heavy atom. The number of nitrogens with one attached hydrogen (secondary N) is 1. The van der Waals surface area contributed by atoms with Crippen LogP contribution in [-0.4, -0.2) is 36.6 Å². The SMILES string of the molecule is CC1C(CCNC(=O)CC(C)(C)CO)OC1OCc1ccccc1. The minimum Gasteiger partial charge on any atom is -0.396 e. The van der Waals surface area contributed by atoms with Gasteiger partial charge in [0.1, 0.15) is 0 Å². The van der Waals surface area contributed by atoms with Crippen molar-refractivity contribution in [2.75, 3.05) is 13.2 Å². The van der Waals surface area contributed by atoms with Crippen molar-refractivity contribution in [3.8, 4) is 0 Å². The third-order valence-electron chi connectivity index (χ3n) is 4.40. The largest absolute Gasteiger partial charge is 0.396 e. The third kappa shape index (κ3) is 5.58. The molecule has 1 amide bonds. The molecule has 1 fully saturated rings. The molecule has 1 aromatic carbocycles. The number of amides is 1. The minimum atomic E-state index is -0.374. The second-order valence-corrected chi connectivity index (χ2v) is 7.34. The van der Waals surface area contributed by atoms with Crippen molar-refractivity contribution in [3.63, 3.8) is 0 Å². The highest BCUT2D eigenvalue weighted by Crippen LogP contribution is 2.31. The van der Waals surface area contributed by atoms with Gasteiger partial charge in [0.05, 0.1) is 12.7 Å². The van der Waals surface area contributed by atoms with Gasteiger partial charge >= 0.3 is 0 Å². The first kappa shape index (κ1) is 18.9. The zero-order valence-corrected chi connectivity index (χ0v) is 14.8. The molecule has 0 saturated carbocycles. The lowest BCUT2D eigenvalue weighted by Gasteiger charge is -2.42. The Morgan fingerprint density at radius 1 is 1.33 bits per heavy atom. The van der Waals surface area contributed by atoms with E-state index >= 15 is 0 Å². The van der Waals surface area contributed by atoms with Crippen LogP contribution in [0.1, 0.15) is 39.2 Å². The second kappa shape index (κ2) is 8.60. The van der Waals surface area contributed by atoms with Crippen LogP contribution in [0.4, 0.5) is 0 Å². The zero-order valence-electron chi connectivity index (χ0n) is 14.8. The maximum Gasteiger partial charge on any atom is 0.220 e. The van der Waals surface area contributed by atoms with Gasteiger partial charge in [0.25, 0.3) is 0 Å². The molecular weight excluding hydrogens is 306 g/mol. The summed E-state index contributed by atoms with van der Waals surface area (Å²) in [5.41, 5.74) is 0.760. The monoisotopic (exact) mass is 335 g/mol. The van der Waals surface area contributed by atoms with Gasteiger partial charge in [-0.3, -0.25) is 4.79 Å². The van der Waals surface area contributed by atoms with E-state index in [1.54, 1.807) is 0 Å². The third-order valence-corrected chi connectivity index (χ3v) is 4.40. The zero-order chi connectivity index (χ0) is 17.6. The normalized spacial score (nSPS) is 23.6. The maximum atomic E-state index is 11.8. The van der Waals surface area contributed by atoms with Gasteiger partial charge in [-0.05, 0) is 17.4 Å². The van der Waals surface area contributed by atoms with Crippen LogP contribution < -0.4 is 5.32 Å². The van der Waals surface area contributed by atoms with Gasteiger partial charge in [-0.15, -0.1) is 0 Å². The highest BCUT2D eigenvalue weighted by atomic mass is 16.7. The first-order valence-electron chi connectivity index (χ1n) is 8.60. The molecule has 1 aromatic rings. The number of rotatable bonds is 9. The molecule has 3 atom stereocenters. The summed E-state index contributed by atoms with van der Waals surface area (Å²) in [7, 11) is 0. The Hall–Kier alpha value is -1.43. The molecule has 0 aliphatic carbocycles. The van der Waals surface area contributed by atoms with Crippen molar-refractivity contribution in [3.05, 3.63) is 35.9 Å². The molecule has 1 aliphatic heterocycles. The molecule has 0 bridgehead atoms. The van der Waals surface area contributed by atoms with Crippen molar-refractivity contribution < 1.29 is 19.4 Å². The van der Waals surface area contributed by atoms with Crippen LogP contribution in [-0.2, 0) is 20.9 Å². The molecule has 0 aromatic heterocycles. The van der Waals surface area contributed by atoms with Gasteiger partial charge in [-0.2, -0.15) is 0 Å². The Labute approximate surface area is 144 Å². The van der Waals surface area contributed by atoms with Crippen LogP contribution in [0, 0.1) is 11.3 Å². The molecule has 0 radical (unpaired) electrons. The molecule has 2 N–H and O–H groups in total. The summed E-state index contributed by atoms with van der Waals surface area (Å²) in [6, 6.07) is 10.0. The molecule has 5 nitrogen and oxygen atoms in total. The summed E-state index contributed by atoms with van der Waals surface area (Å²) in [5, 5.41) is 12.1. The minimum absolute atomic E-state index is 0.00359. The van der Waals surface area contributed by atoms with E-state index in [-0.39, 0.29) is 30.3 Å². The van der Waals surface area contributed by atoms with E-state index in [9.17, 15) is 9.90 Å². The molecule has 134 valence electrons. The van der Waals surface area contributed by atoms with E-state index in [1.165, 1.54) is 0 Å². The van der Waals surface area contributed by atoms with Crippen LogP contribution in [0.5, 0.6) is 0 Å². The summed E-state index contributed by atoms with van der Waals surface area (Å²) in [4.78, 5) is 11.8. The highest BCUT2D eigenvalue weighted by Gasteiger charge is 2.39. The number of hydrogen-bond acceptors (Lipinski definition) is 4. The summed E-state index contributed by atoms with van der Waals surface area (Å²) < 4.78 is 11.5. The maximum absolute atomic E-state index is 11.8. The van der Waals surface area contributed by atoms with E-state index in [4.69, 9.17) is 9.47 Å². The molecule has 1 heterocycles. The van der Waals surface area contributed by atoms with E-state index in [0.717, 1.165) is 12.0 Å². The fraction of sp³-hybridized carbons (Fsp3) is 0.632. The van der Waals surface area contributed by atoms with Gasteiger partial charge in [-0.25, -0.2) is 0 Å². The summed E-state index contributed by atoms with van der Waals surface area (Å²) in [5.74, 6) is 0.289. The molecule has 0 spiro atoms. The summed E-state index contributed by atoms with van der Waals surface area (Å²) in [6.07, 6.45) is 1.06. The van der Waals surface area contributed by atoms with E-state index in [2.05, 4.69) is 12.2 Å². The fourth-order valence-corrected chi connectivity index (χ4v) is 2.69. The van der Waals surface area contributed by atoms with E-state index < -0.39 is 0 Å². The quantitative estimate of drug-likeness (QED) is 0.727. The van der Waals surface area contributed by atoms with Crippen molar-refractivity contribution in [1.82, 2.24) is 5.32 Å². The number of aliphatic hydroxyl groups is 1. The number of aliphatic hydroxyl groups excluding tert-OH is 1. The van der Waals surface area contributed by atoms with Crippen LogP contribution in [0.15, 0.2) is 30.3 Å². The average molecular weight is 335 g/mol. The lowest BCUT2D eigenvalue weighted by Crippen LogP contribution is -2.49. The molecule has 1 saturated heterocycles. The lowest BCUT2D eigenvalue weighted by atomic mass is 9.90. The molecule has 3 unspecified atom stereocenters. The predicted molar refractivity (Wildman–Crippen MR) is 92.2 cm³/mol. The van der Waals surface area contributed by atoms with Gasteiger partial charge in [0, 0.05) is 25.5 Å². The molecule has 2 rings (SSSR count). The van der Waals surface area contributed by atoms with Crippen LogP contribution in [0.3, 0.4) is 0 Å². The Morgan fingerprint density at radius 3 is 2.67 bits per heavy atom.